The molecule has 0 aliphatic rings. The fraction of sp³-hybridized carbons (Fsp3) is 0.167. The molecule has 5 heteroatoms. The molecule has 17 heavy (non-hydrogen) atoms. The Morgan fingerprint density at radius 3 is 2.53 bits per heavy atom. The van der Waals surface area contributed by atoms with Crippen LogP contribution >= 0.6 is 11.3 Å². The van der Waals surface area contributed by atoms with Crippen LogP contribution in [-0.4, -0.2) is 11.7 Å². The Morgan fingerprint density at radius 1 is 1.12 bits per heavy atom. The Kier molecular flexibility index (Phi) is 3.71. The minimum atomic E-state index is -2.90. The van der Waals surface area contributed by atoms with E-state index in [4.69, 9.17) is 0 Å². The normalized spacial score (nSPS) is 12.7. The molecule has 1 atom stereocenters. The predicted octanol–water partition coefficient (Wildman–Crippen LogP) is 3.43. The van der Waals surface area contributed by atoms with Gasteiger partial charge in [-0.3, -0.25) is 0 Å². The van der Waals surface area contributed by atoms with E-state index in [1.54, 1.807) is 30.3 Å². The van der Waals surface area contributed by atoms with Crippen LogP contribution in [0.2, 0.25) is 0 Å². The molecule has 2 rings (SSSR count). The molecule has 2 nitrogen and oxygen atoms in total. The smallest absolute Gasteiger partial charge is 0.387 e. The average Bonchev–Trinajstić information content (AvgIpc) is 2.81. The quantitative estimate of drug-likeness (QED) is 0.908. The van der Waals surface area contributed by atoms with Crippen molar-refractivity contribution < 1.29 is 18.6 Å². The number of hydrogen-bond donors (Lipinski definition) is 1. The molecule has 1 N–H and O–H groups in total. The third-order valence-electron chi connectivity index (χ3n) is 2.24. The maximum Gasteiger partial charge on any atom is 0.387 e. The zero-order valence-corrected chi connectivity index (χ0v) is 9.53. The van der Waals surface area contributed by atoms with Gasteiger partial charge in [0.15, 0.2) is 0 Å². The second-order valence-electron chi connectivity index (χ2n) is 3.33. The molecule has 0 saturated heterocycles. The number of halogens is 2. The lowest BCUT2D eigenvalue weighted by molar-refractivity contribution is -0.0512. The Balaban J connectivity index is 2.31. The number of thiophene rings is 1. The summed E-state index contributed by atoms with van der Waals surface area (Å²) in [6.45, 7) is -2.90. The van der Waals surface area contributed by atoms with Gasteiger partial charge in [0.25, 0.3) is 0 Å². The van der Waals surface area contributed by atoms with E-state index in [2.05, 4.69) is 4.74 Å². The number of alkyl halides is 2. The van der Waals surface area contributed by atoms with Crippen molar-refractivity contribution in [2.24, 2.45) is 0 Å². The van der Waals surface area contributed by atoms with Crippen molar-refractivity contribution in [2.75, 3.05) is 0 Å². The molecule has 2 aromatic rings. The summed E-state index contributed by atoms with van der Waals surface area (Å²) in [5.41, 5.74) is 0.343. The first-order valence-electron chi connectivity index (χ1n) is 4.93. The van der Waals surface area contributed by atoms with E-state index in [1.807, 2.05) is 5.38 Å². The molecule has 0 bridgehead atoms. The van der Waals surface area contributed by atoms with Gasteiger partial charge in [-0.15, -0.1) is 11.3 Å². The Hall–Kier alpha value is -1.46. The highest BCUT2D eigenvalue weighted by atomic mass is 32.1. The van der Waals surface area contributed by atoms with Crippen molar-refractivity contribution in [1.29, 1.82) is 0 Å². The lowest BCUT2D eigenvalue weighted by Gasteiger charge is -2.14. The molecule has 90 valence electrons. The van der Waals surface area contributed by atoms with E-state index in [9.17, 15) is 13.9 Å². The fourth-order valence-corrected chi connectivity index (χ4v) is 2.24. The minimum absolute atomic E-state index is 0.00315. The van der Waals surface area contributed by atoms with Crippen molar-refractivity contribution in [3.8, 4) is 5.75 Å². The van der Waals surface area contributed by atoms with Crippen LogP contribution in [0.25, 0.3) is 0 Å². The van der Waals surface area contributed by atoms with Gasteiger partial charge in [-0.05, 0) is 17.5 Å². The van der Waals surface area contributed by atoms with Crippen LogP contribution in [0, 0.1) is 0 Å². The van der Waals surface area contributed by atoms with Gasteiger partial charge in [0.05, 0.1) is 0 Å². The van der Waals surface area contributed by atoms with Crippen LogP contribution in [0.15, 0.2) is 41.8 Å². The first kappa shape index (κ1) is 12.0. The molecular weight excluding hydrogens is 246 g/mol. The maximum atomic E-state index is 12.2. The number of aliphatic hydroxyl groups is 1. The maximum absolute atomic E-state index is 12.2. The molecule has 0 radical (unpaired) electrons. The van der Waals surface area contributed by atoms with Gasteiger partial charge in [0.1, 0.15) is 11.9 Å². The van der Waals surface area contributed by atoms with E-state index in [1.165, 1.54) is 17.4 Å². The van der Waals surface area contributed by atoms with Gasteiger partial charge < -0.3 is 9.84 Å². The highest BCUT2D eigenvalue weighted by Gasteiger charge is 2.17. The van der Waals surface area contributed by atoms with Crippen molar-refractivity contribution in [2.45, 2.75) is 12.7 Å². The fourth-order valence-electron chi connectivity index (χ4n) is 1.51. The zero-order valence-electron chi connectivity index (χ0n) is 8.72. The second-order valence-corrected chi connectivity index (χ2v) is 4.31. The van der Waals surface area contributed by atoms with Crippen molar-refractivity contribution in [1.82, 2.24) is 0 Å². The summed E-state index contributed by atoms with van der Waals surface area (Å²) >= 11 is 1.36. The van der Waals surface area contributed by atoms with E-state index in [0.29, 0.717) is 10.4 Å². The van der Waals surface area contributed by atoms with Gasteiger partial charge >= 0.3 is 6.61 Å². The van der Waals surface area contributed by atoms with E-state index < -0.39 is 12.7 Å². The van der Waals surface area contributed by atoms with Gasteiger partial charge in [-0.2, -0.15) is 8.78 Å². The van der Waals surface area contributed by atoms with Crippen LogP contribution in [0.1, 0.15) is 16.5 Å². The lowest BCUT2D eigenvalue weighted by atomic mass is 10.1. The van der Waals surface area contributed by atoms with E-state index in [0.717, 1.165) is 0 Å². The predicted molar refractivity (Wildman–Crippen MR) is 61.5 cm³/mol. The summed E-state index contributed by atoms with van der Waals surface area (Å²) in [6, 6.07) is 9.78. The molecule has 0 aliphatic carbocycles. The van der Waals surface area contributed by atoms with Crippen LogP contribution in [0.5, 0.6) is 5.75 Å². The third kappa shape index (κ3) is 2.81. The van der Waals surface area contributed by atoms with Gasteiger partial charge in [0, 0.05) is 10.4 Å². The lowest BCUT2D eigenvalue weighted by Crippen LogP contribution is -2.07. The monoisotopic (exact) mass is 256 g/mol. The summed E-state index contributed by atoms with van der Waals surface area (Å²) in [6.07, 6.45) is -0.940. The SMILES string of the molecule is OC(c1cccs1)c1ccccc1OC(F)F. The molecular formula is C12H10F2O2S. The molecule has 1 aromatic heterocycles. The molecule has 1 heterocycles. The summed E-state index contributed by atoms with van der Waals surface area (Å²) in [5, 5.41) is 11.9. The number of hydrogen-bond acceptors (Lipinski definition) is 3. The van der Waals surface area contributed by atoms with Crippen LogP contribution in [0.3, 0.4) is 0 Å². The Bertz CT molecular complexity index is 471. The number of rotatable bonds is 4. The zero-order chi connectivity index (χ0) is 12.3. The van der Waals surface area contributed by atoms with Crippen LogP contribution in [0.4, 0.5) is 8.78 Å². The molecule has 0 amide bonds. The van der Waals surface area contributed by atoms with Crippen LogP contribution < -0.4 is 4.74 Å². The highest BCUT2D eigenvalue weighted by molar-refractivity contribution is 7.10. The van der Waals surface area contributed by atoms with Gasteiger partial charge in [0.2, 0.25) is 0 Å². The summed E-state index contributed by atoms with van der Waals surface area (Å²) in [4.78, 5) is 0.690. The summed E-state index contributed by atoms with van der Waals surface area (Å²) < 4.78 is 28.8. The summed E-state index contributed by atoms with van der Waals surface area (Å²) in [7, 11) is 0. The summed E-state index contributed by atoms with van der Waals surface area (Å²) in [5.74, 6) is 0.00315. The largest absolute Gasteiger partial charge is 0.434 e. The third-order valence-corrected chi connectivity index (χ3v) is 3.17. The van der Waals surface area contributed by atoms with Gasteiger partial charge in [-0.25, -0.2) is 0 Å². The van der Waals surface area contributed by atoms with Crippen molar-refractivity contribution in [3.05, 3.63) is 52.2 Å². The highest BCUT2D eigenvalue weighted by Crippen LogP contribution is 2.32. The van der Waals surface area contributed by atoms with E-state index >= 15 is 0 Å². The number of benzene rings is 1. The molecule has 1 aromatic carbocycles. The topological polar surface area (TPSA) is 29.5 Å². The van der Waals surface area contributed by atoms with Crippen molar-refractivity contribution in [3.63, 3.8) is 0 Å². The first-order chi connectivity index (χ1) is 8.18. The minimum Gasteiger partial charge on any atom is -0.434 e. The Labute approximate surface area is 101 Å². The molecule has 0 fully saturated rings. The number of aliphatic hydroxyl groups excluding tert-OH is 1. The molecule has 1 unspecified atom stereocenters. The standard InChI is InChI=1S/C12H10F2O2S/c13-12(14)16-9-5-2-1-4-8(9)11(15)10-6-3-7-17-10/h1-7,11-12,15H. The van der Waals surface area contributed by atoms with Crippen LogP contribution in [-0.2, 0) is 0 Å². The second kappa shape index (κ2) is 5.25. The molecule has 0 saturated carbocycles. The van der Waals surface area contributed by atoms with Gasteiger partial charge in [-0.1, -0.05) is 24.3 Å². The molecule has 0 spiro atoms. The Morgan fingerprint density at radius 2 is 1.88 bits per heavy atom. The molecule has 0 aliphatic heterocycles. The number of ether oxygens (including phenoxy) is 1. The first-order valence-corrected chi connectivity index (χ1v) is 5.81. The number of para-hydroxylation sites is 1. The van der Waals surface area contributed by atoms with E-state index in [-0.39, 0.29) is 5.75 Å². The van der Waals surface area contributed by atoms with Crippen molar-refractivity contribution >= 4 is 11.3 Å². The average molecular weight is 256 g/mol.